The summed E-state index contributed by atoms with van der Waals surface area (Å²) >= 11 is 0. The second-order valence-electron chi connectivity index (χ2n) is 7.58. The standard InChI is InChI=1S/C23H32NO4/c1-7-24(2)11-10-17-14-22(27-5)23(28-6)15-18(17)19(24)12-16-8-9-20(25-3)21(13-16)26-4/h8-9,13-15,19H,7,10-12H2,1-6H3/q+1/t19-,24+/m0/s1. The van der Waals surface area contributed by atoms with Crippen LogP contribution in [0.3, 0.4) is 0 Å². The maximum absolute atomic E-state index is 5.60. The Hall–Kier alpha value is -2.40. The molecule has 2 atom stereocenters. The minimum atomic E-state index is 0.339. The molecule has 1 aliphatic heterocycles. The van der Waals surface area contributed by atoms with Crippen LogP contribution in [0.25, 0.3) is 0 Å². The summed E-state index contributed by atoms with van der Waals surface area (Å²) in [6.45, 7) is 4.45. The zero-order valence-electron chi connectivity index (χ0n) is 17.9. The maximum atomic E-state index is 5.60. The molecule has 152 valence electrons. The van der Waals surface area contributed by atoms with E-state index in [9.17, 15) is 0 Å². The molecule has 2 aromatic carbocycles. The molecule has 3 rings (SSSR count). The van der Waals surface area contributed by atoms with Gasteiger partial charge in [-0.05, 0) is 42.3 Å². The molecule has 0 unspecified atom stereocenters. The van der Waals surface area contributed by atoms with Gasteiger partial charge in [-0.15, -0.1) is 0 Å². The van der Waals surface area contributed by atoms with Crippen molar-refractivity contribution < 1.29 is 23.4 Å². The van der Waals surface area contributed by atoms with Crippen molar-refractivity contribution in [2.45, 2.75) is 25.8 Å². The fourth-order valence-corrected chi connectivity index (χ4v) is 4.27. The summed E-state index contributed by atoms with van der Waals surface area (Å²) < 4.78 is 23.0. The van der Waals surface area contributed by atoms with E-state index >= 15 is 0 Å². The molecule has 0 aromatic heterocycles. The fraction of sp³-hybridized carbons (Fsp3) is 0.478. The van der Waals surface area contributed by atoms with E-state index in [1.165, 1.54) is 16.7 Å². The summed E-state index contributed by atoms with van der Waals surface area (Å²) in [5, 5.41) is 0. The first kappa shape index (κ1) is 20.3. The molecule has 0 bridgehead atoms. The van der Waals surface area contributed by atoms with E-state index in [4.69, 9.17) is 18.9 Å². The van der Waals surface area contributed by atoms with Crippen molar-refractivity contribution in [1.82, 2.24) is 0 Å². The molecule has 5 heteroatoms. The maximum Gasteiger partial charge on any atom is 0.161 e. The van der Waals surface area contributed by atoms with E-state index in [1.54, 1.807) is 28.4 Å². The molecule has 0 saturated carbocycles. The smallest absolute Gasteiger partial charge is 0.161 e. The van der Waals surface area contributed by atoms with Crippen molar-refractivity contribution in [2.24, 2.45) is 0 Å². The van der Waals surface area contributed by atoms with Gasteiger partial charge in [-0.1, -0.05) is 6.07 Å². The van der Waals surface area contributed by atoms with Gasteiger partial charge in [0, 0.05) is 18.4 Å². The SMILES string of the molecule is CC[N@+]1(C)CCc2cc(OC)c(OC)cc2[C@@H]1Cc1ccc(OC)c(OC)c1. The highest BCUT2D eigenvalue weighted by atomic mass is 16.5. The van der Waals surface area contributed by atoms with Crippen LogP contribution in [0.2, 0.25) is 0 Å². The first-order valence-electron chi connectivity index (χ1n) is 9.79. The molecule has 5 nitrogen and oxygen atoms in total. The average Bonchev–Trinajstić information content (AvgIpc) is 2.74. The Labute approximate surface area is 168 Å². The number of ether oxygens (including phenoxy) is 4. The monoisotopic (exact) mass is 386 g/mol. The van der Waals surface area contributed by atoms with Crippen LogP contribution in [0.4, 0.5) is 0 Å². The van der Waals surface area contributed by atoms with Gasteiger partial charge in [0.2, 0.25) is 0 Å². The molecule has 1 heterocycles. The molecule has 2 aromatic rings. The van der Waals surface area contributed by atoms with E-state index in [-0.39, 0.29) is 0 Å². The van der Waals surface area contributed by atoms with Crippen LogP contribution >= 0.6 is 0 Å². The third kappa shape index (κ3) is 3.63. The average molecular weight is 387 g/mol. The Bertz CT molecular complexity index is 836. The zero-order chi connectivity index (χ0) is 20.3. The van der Waals surface area contributed by atoms with Gasteiger partial charge < -0.3 is 23.4 Å². The highest BCUT2D eigenvalue weighted by Gasteiger charge is 2.38. The first-order valence-corrected chi connectivity index (χ1v) is 9.79. The fourth-order valence-electron chi connectivity index (χ4n) is 4.27. The number of hydrogen-bond acceptors (Lipinski definition) is 4. The van der Waals surface area contributed by atoms with Crippen LogP contribution < -0.4 is 18.9 Å². The molecule has 0 fully saturated rings. The van der Waals surface area contributed by atoms with Crippen LogP contribution in [-0.4, -0.2) is 53.1 Å². The lowest BCUT2D eigenvalue weighted by molar-refractivity contribution is -0.939. The summed E-state index contributed by atoms with van der Waals surface area (Å²) in [5.41, 5.74) is 3.94. The lowest BCUT2D eigenvalue weighted by atomic mass is 9.86. The Kier molecular flexibility index (Phi) is 6.04. The van der Waals surface area contributed by atoms with E-state index < -0.39 is 0 Å². The van der Waals surface area contributed by atoms with Gasteiger partial charge in [-0.2, -0.15) is 0 Å². The minimum Gasteiger partial charge on any atom is -0.493 e. The third-order valence-corrected chi connectivity index (χ3v) is 6.25. The molecule has 1 aliphatic rings. The Balaban J connectivity index is 2.05. The summed E-state index contributed by atoms with van der Waals surface area (Å²) in [4.78, 5) is 0. The second kappa shape index (κ2) is 8.31. The highest BCUT2D eigenvalue weighted by molar-refractivity contribution is 5.50. The topological polar surface area (TPSA) is 36.9 Å². The second-order valence-corrected chi connectivity index (χ2v) is 7.58. The summed E-state index contributed by atoms with van der Waals surface area (Å²) in [6, 6.07) is 10.9. The van der Waals surface area contributed by atoms with Crippen molar-refractivity contribution in [1.29, 1.82) is 0 Å². The van der Waals surface area contributed by atoms with E-state index in [2.05, 4.69) is 38.2 Å². The van der Waals surface area contributed by atoms with Gasteiger partial charge in [-0.25, -0.2) is 0 Å². The predicted octanol–water partition coefficient (Wildman–Crippen LogP) is 4.03. The van der Waals surface area contributed by atoms with Gasteiger partial charge >= 0.3 is 0 Å². The molecule has 0 saturated heterocycles. The lowest BCUT2D eigenvalue weighted by Gasteiger charge is -2.45. The van der Waals surface area contributed by atoms with Crippen molar-refractivity contribution in [3.63, 3.8) is 0 Å². The molecule has 0 amide bonds. The normalized spacial score (nSPS) is 21.0. The van der Waals surface area contributed by atoms with Crippen LogP contribution in [0.15, 0.2) is 30.3 Å². The molecule has 0 radical (unpaired) electrons. The van der Waals surface area contributed by atoms with Crippen LogP contribution in [-0.2, 0) is 12.8 Å². The van der Waals surface area contributed by atoms with E-state index in [1.807, 2.05) is 6.07 Å². The quantitative estimate of drug-likeness (QED) is 0.674. The van der Waals surface area contributed by atoms with Crippen molar-refractivity contribution >= 4 is 0 Å². The highest BCUT2D eigenvalue weighted by Crippen LogP contribution is 2.42. The molecule has 0 N–H and O–H groups in total. The lowest BCUT2D eigenvalue weighted by Crippen LogP contribution is -2.51. The largest absolute Gasteiger partial charge is 0.493 e. The number of quaternary nitrogens is 1. The van der Waals surface area contributed by atoms with Gasteiger partial charge in [-0.3, -0.25) is 0 Å². The number of benzene rings is 2. The molecule has 0 aliphatic carbocycles. The van der Waals surface area contributed by atoms with Gasteiger partial charge in [0.1, 0.15) is 6.04 Å². The van der Waals surface area contributed by atoms with Crippen LogP contribution in [0.1, 0.15) is 29.7 Å². The third-order valence-electron chi connectivity index (χ3n) is 6.25. The number of nitrogens with zero attached hydrogens (tertiary/aromatic N) is 1. The number of hydrogen-bond donors (Lipinski definition) is 0. The van der Waals surface area contributed by atoms with E-state index in [0.29, 0.717) is 6.04 Å². The van der Waals surface area contributed by atoms with Crippen LogP contribution in [0.5, 0.6) is 23.0 Å². The summed E-state index contributed by atoms with van der Waals surface area (Å²) in [5.74, 6) is 3.13. The summed E-state index contributed by atoms with van der Waals surface area (Å²) in [7, 11) is 9.09. The van der Waals surface area contributed by atoms with Gasteiger partial charge in [0.15, 0.2) is 23.0 Å². The number of methoxy groups -OCH3 is 4. The summed E-state index contributed by atoms with van der Waals surface area (Å²) in [6.07, 6.45) is 1.97. The number of rotatable bonds is 7. The molecule has 28 heavy (non-hydrogen) atoms. The Morgan fingerprint density at radius 2 is 1.46 bits per heavy atom. The Morgan fingerprint density at radius 1 is 0.857 bits per heavy atom. The molecular formula is C23H32NO4+. The molecular weight excluding hydrogens is 354 g/mol. The van der Waals surface area contributed by atoms with Crippen LogP contribution in [0, 0.1) is 0 Å². The van der Waals surface area contributed by atoms with Crippen molar-refractivity contribution in [3.05, 3.63) is 47.0 Å². The minimum absolute atomic E-state index is 0.339. The first-order chi connectivity index (χ1) is 13.5. The van der Waals surface area contributed by atoms with E-state index in [0.717, 1.165) is 53.4 Å². The van der Waals surface area contributed by atoms with Crippen molar-refractivity contribution in [3.8, 4) is 23.0 Å². The van der Waals surface area contributed by atoms with Crippen molar-refractivity contribution in [2.75, 3.05) is 48.6 Å². The molecule has 0 spiro atoms. The predicted molar refractivity (Wildman–Crippen MR) is 111 cm³/mol. The van der Waals surface area contributed by atoms with Gasteiger partial charge in [0.25, 0.3) is 0 Å². The Morgan fingerprint density at radius 3 is 2.07 bits per heavy atom. The zero-order valence-corrected chi connectivity index (χ0v) is 17.9. The number of likely N-dealkylation sites (N-methyl/N-ethyl adjacent to an activating group) is 1. The number of fused-ring (bicyclic) bond motifs is 1. The van der Waals surface area contributed by atoms with Gasteiger partial charge in [0.05, 0.1) is 48.6 Å².